The van der Waals surface area contributed by atoms with Crippen molar-refractivity contribution >= 4 is 46.8 Å². The van der Waals surface area contributed by atoms with Crippen molar-refractivity contribution in [2.45, 2.75) is 44.3 Å². The van der Waals surface area contributed by atoms with Crippen molar-refractivity contribution < 1.29 is 14.4 Å². The van der Waals surface area contributed by atoms with E-state index in [1.54, 1.807) is 23.9 Å². The monoisotopic (exact) mass is 421 g/mol. The standard InChI is InChI=1S/C20H24ClN3O3S/c1-19(2,3)24-16(25)13-12(8-9-28-4)23-20(14(13)17(24)26)10-6-5-7-11(21)15(10)22-18(20)27/h5-7,12-14,23H,8-9H2,1-4H3,(H,22,27)/t12?,13-,14+,20?/m1/s1. The summed E-state index contributed by atoms with van der Waals surface area (Å²) in [5.74, 6) is -1.29. The van der Waals surface area contributed by atoms with E-state index >= 15 is 0 Å². The lowest BCUT2D eigenvalue weighted by atomic mass is 9.76. The molecule has 28 heavy (non-hydrogen) atoms. The number of nitrogens with one attached hydrogen (secondary N) is 2. The third kappa shape index (κ3) is 2.49. The first-order chi connectivity index (χ1) is 13.1. The third-order valence-corrected chi connectivity index (χ3v) is 6.96. The van der Waals surface area contributed by atoms with E-state index in [9.17, 15) is 14.4 Å². The van der Waals surface area contributed by atoms with Crippen LogP contribution in [0.3, 0.4) is 0 Å². The Hall–Kier alpha value is -1.57. The van der Waals surface area contributed by atoms with Crippen molar-refractivity contribution in [1.82, 2.24) is 10.2 Å². The molecule has 4 atom stereocenters. The topological polar surface area (TPSA) is 78.5 Å². The molecule has 150 valence electrons. The van der Waals surface area contributed by atoms with E-state index in [1.165, 1.54) is 4.90 Å². The predicted octanol–water partition coefficient (Wildman–Crippen LogP) is 2.61. The van der Waals surface area contributed by atoms with Gasteiger partial charge in [-0.05, 0) is 45.3 Å². The molecular weight excluding hydrogens is 398 g/mol. The molecule has 3 aliphatic heterocycles. The van der Waals surface area contributed by atoms with Crippen molar-refractivity contribution in [3.63, 3.8) is 0 Å². The predicted molar refractivity (Wildman–Crippen MR) is 110 cm³/mol. The highest BCUT2D eigenvalue weighted by molar-refractivity contribution is 7.98. The maximum Gasteiger partial charge on any atom is 0.250 e. The Bertz CT molecular complexity index is 884. The van der Waals surface area contributed by atoms with Gasteiger partial charge in [0.25, 0.3) is 0 Å². The van der Waals surface area contributed by atoms with Gasteiger partial charge >= 0.3 is 0 Å². The molecule has 3 aliphatic rings. The zero-order valence-corrected chi connectivity index (χ0v) is 17.9. The summed E-state index contributed by atoms with van der Waals surface area (Å²) in [6.07, 6.45) is 2.70. The highest BCUT2D eigenvalue weighted by atomic mass is 35.5. The number of para-hydroxylation sites is 1. The summed E-state index contributed by atoms with van der Waals surface area (Å²) < 4.78 is 0. The highest BCUT2D eigenvalue weighted by Crippen LogP contribution is 2.55. The summed E-state index contributed by atoms with van der Waals surface area (Å²) >= 11 is 8.00. The lowest BCUT2D eigenvalue weighted by Gasteiger charge is -2.34. The summed E-state index contributed by atoms with van der Waals surface area (Å²) in [5, 5.41) is 6.70. The van der Waals surface area contributed by atoms with Crippen LogP contribution in [0.5, 0.6) is 0 Å². The average Bonchev–Trinajstić information content (AvgIpc) is 3.19. The van der Waals surface area contributed by atoms with Gasteiger partial charge in [-0.2, -0.15) is 11.8 Å². The van der Waals surface area contributed by atoms with E-state index in [4.69, 9.17) is 11.6 Å². The van der Waals surface area contributed by atoms with Gasteiger partial charge in [0.05, 0.1) is 22.5 Å². The zero-order chi connectivity index (χ0) is 20.4. The molecule has 0 aliphatic carbocycles. The first-order valence-corrected chi connectivity index (χ1v) is 11.2. The van der Waals surface area contributed by atoms with Crippen LogP contribution in [0.1, 0.15) is 32.8 Å². The number of anilines is 1. The Morgan fingerprint density at radius 1 is 1.21 bits per heavy atom. The highest BCUT2D eigenvalue weighted by Gasteiger charge is 2.71. The number of likely N-dealkylation sites (tertiary alicyclic amines) is 1. The molecule has 1 aromatic rings. The van der Waals surface area contributed by atoms with Crippen LogP contribution in [0.25, 0.3) is 0 Å². The number of thioether (sulfide) groups is 1. The SMILES string of the molecule is CSCCC1NC2(C(=O)Nc3c(Cl)cccc32)[C@@H]2C(=O)N(C(C)(C)C)C(=O)[C@H]12. The van der Waals surface area contributed by atoms with Crippen LogP contribution in [-0.2, 0) is 19.9 Å². The fraction of sp³-hybridized carbons (Fsp3) is 0.550. The van der Waals surface area contributed by atoms with E-state index in [0.29, 0.717) is 22.7 Å². The van der Waals surface area contributed by atoms with Gasteiger partial charge in [-0.3, -0.25) is 24.6 Å². The second kappa shape index (κ2) is 6.47. The van der Waals surface area contributed by atoms with Crippen molar-refractivity contribution in [3.8, 4) is 0 Å². The Balaban J connectivity index is 1.89. The van der Waals surface area contributed by atoms with E-state index < -0.39 is 22.9 Å². The number of rotatable bonds is 3. The molecule has 8 heteroatoms. The van der Waals surface area contributed by atoms with E-state index in [-0.39, 0.29) is 23.8 Å². The molecule has 1 aromatic carbocycles. The van der Waals surface area contributed by atoms with Gasteiger partial charge in [0, 0.05) is 17.1 Å². The van der Waals surface area contributed by atoms with Gasteiger partial charge in [-0.1, -0.05) is 23.7 Å². The number of carbonyl (C=O) groups is 3. The number of hydrogen-bond donors (Lipinski definition) is 2. The van der Waals surface area contributed by atoms with Gasteiger partial charge in [-0.15, -0.1) is 0 Å². The van der Waals surface area contributed by atoms with Crippen LogP contribution < -0.4 is 10.6 Å². The van der Waals surface area contributed by atoms with Crippen LogP contribution in [0.4, 0.5) is 5.69 Å². The summed E-state index contributed by atoms with van der Waals surface area (Å²) in [5.41, 5.74) is -0.722. The fourth-order valence-corrected chi connectivity index (χ4v) is 5.66. The van der Waals surface area contributed by atoms with Gasteiger partial charge in [0.2, 0.25) is 17.7 Å². The number of carbonyl (C=O) groups excluding carboxylic acids is 3. The minimum atomic E-state index is -1.26. The molecule has 4 rings (SSSR count). The Kier molecular flexibility index (Phi) is 4.56. The summed E-state index contributed by atoms with van der Waals surface area (Å²) in [4.78, 5) is 41.5. The van der Waals surface area contributed by atoms with Gasteiger partial charge in [0.15, 0.2) is 0 Å². The first kappa shape index (κ1) is 19.7. The smallest absolute Gasteiger partial charge is 0.250 e. The number of amides is 3. The maximum absolute atomic E-state index is 13.5. The lowest BCUT2D eigenvalue weighted by Crippen LogP contribution is -2.55. The second-order valence-electron chi connectivity index (χ2n) is 8.64. The quantitative estimate of drug-likeness (QED) is 0.733. The zero-order valence-electron chi connectivity index (χ0n) is 16.3. The van der Waals surface area contributed by atoms with Crippen molar-refractivity contribution in [2.75, 3.05) is 17.3 Å². The molecule has 2 unspecified atom stereocenters. The van der Waals surface area contributed by atoms with E-state index in [2.05, 4.69) is 10.6 Å². The Morgan fingerprint density at radius 2 is 1.93 bits per heavy atom. The second-order valence-corrected chi connectivity index (χ2v) is 10.0. The first-order valence-electron chi connectivity index (χ1n) is 9.39. The molecule has 3 amide bonds. The minimum absolute atomic E-state index is 0.193. The molecule has 1 spiro atoms. The van der Waals surface area contributed by atoms with Crippen molar-refractivity contribution in [2.24, 2.45) is 11.8 Å². The molecule has 6 nitrogen and oxygen atoms in total. The van der Waals surface area contributed by atoms with Crippen LogP contribution in [0.2, 0.25) is 5.02 Å². The Labute approximate surface area is 173 Å². The molecule has 0 radical (unpaired) electrons. The van der Waals surface area contributed by atoms with E-state index in [0.717, 1.165) is 5.75 Å². The summed E-state index contributed by atoms with van der Waals surface area (Å²) in [7, 11) is 0. The van der Waals surface area contributed by atoms with Gasteiger partial charge in [0.1, 0.15) is 5.54 Å². The molecule has 0 aromatic heterocycles. The van der Waals surface area contributed by atoms with Crippen LogP contribution in [-0.4, -0.2) is 46.2 Å². The number of fused-ring (bicyclic) bond motifs is 4. The molecular formula is C20H24ClN3O3S. The third-order valence-electron chi connectivity index (χ3n) is 6.00. The normalized spacial score (nSPS) is 31.5. The molecule has 2 fully saturated rings. The lowest BCUT2D eigenvalue weighted by molar-refractivity contribution is -0.147. The van der Waals surface area contributed by atoms with Crippen LogP contribution in [0, 0.1) is 11.8 Å². The largest absolute Gasteiger partial charge is 0.323 e. The number of benzene rings is 1. The average molecular weight is 422 g/mol. The number of halogens is 1. The van der Waals surface area contributed by atoms with E-state index in [1.807, 2.05) is 33.1 Å². The van der Waals surface area contributed by atoms with Crippen molar-refractivity contribution in [3.05, 3.63) is 28.8 Å². The molecule has 0 bridgehead atoms. The number of imide groups is 1. The molecule has 0 saturated carbocycles. The van der Waals surface area contributed by atoms with Crippen LogP contribution in [0.15, 0.2) is 18.2 Å². The summed E-state index contributed by atoms with van der Waals surface area (Å²) in [6, 6.07) is 5.05. The minimum Gasteiger partial charge on any atom is -0.323 e. The molecule has 3 heterocycles. The summed E-state index contributed by atoms with van der Waals surface area (Å²) in [6.45, 7) is 5.54. The fourth-order valence-electron chi connectivity index (χ4n) is 4.95. The van der Waals surface area contributed by atoms with Gasteiger partial charge < -0.3 is 5.32 Å². The van der Waals surface area contributed by atoms with Crippen LogP contribution >= 0.6 is 23.4 Å². The molecule has 2 N–H and O–H groups in total. The van der Waals surface area contributed by atoms with Crippen molar-refractivity contribution in [1.29, 1.82) is 0 Å². The Morgan fingerprint density at radius 3 is 2.57 bits per heavy atom. The number of hydrogen-bond acceptors (Lipinski definition) is 5. The number of nitrogens with zero attached hydrogens (tertiary/aromatic N) is 1. The van der Waals surface area contributed by atoms with Gasteiger partial charge in [-0.25, -0.2) is 0 Å². The molecule has 2 saturated heterocycles. The maximum atomic E-state index is 13.5.